The maximum Gasteiger partial charge on any atom is 0.267 e. The van der Waals surface area contributed by atoms with Gasteiger partial charge in [-0.3, -0.25) is 0 Å². The summed E-state index contributed by atoms with van der Waals surface area (Å²) >= 11 is 10.4. The van der Waals surface area contributed by atoms with Crippen LogP contribution >= 0.6 is 50.1 Å². The third kappa shape index (κ3) is 2.50. The fourth-order valence-corrected chi connectivity index (χ4v) is 2.79. The predicted molar refractivity (Wildman–Crippen MR) is 59.2 cm³/mol. The number of pyridine rings is 1. The topological polar surface area (TPSA) is 12.9 Å². The van der Waals surface area contributed by atoms with Crippen LogP contribution in [0.4, 0.5) is 8.78 Å². The fourth-order valence-electron chi connectivity index (χ4n) is 0.803. The van der Waals surface area contributed by atoms with E-state index in [0.29, 0.717) is 13.7 Å². The van der Waals surface area contributed by atoms with E-state index in [4.69, 9.17) is 11.6 Å². The summed E-state index contributed by atoms with van der Waals surface area (Å²) in [6.07, 6.45) is -1.04. The molecule has 0 atom stereocenters. The molecular formula is C7H4BrClF2IN. The lowest BCUT2D eigenvalue weighted by atomic mass is 10.2. The average molecular weight is 382 g/mol. The summed E-state index contributed by atoms with van der Waals surface area (Å²) in [6.45, 7) is 0. The number of rotatable bonds is 2. The first-order chi connectivity index (χ1) is 6.07. The molecule has 0 saturated heterocycles. The lowest BCUT2D eigenvalue weighted by Gasteiger charge is -2.08. The van der Waals surface area contributed by atoms with Crippen LogP contribution in [0.3, 0.4) is 0 Å². The number of nitrogens with zero attached hydrogens (tertiary/aromatic N) is 1. The summed E-state index contributed by atoms with van der Waals surface area (Å²) in [6, 6.07) is 0. The van der Waals surface area contributed by atoms with Gasteiger partial charge in [0.05, 0.1) is 11.4 Å². The van der Waals surface area contributed by atoms with E-state index >= 15 is 0 Å². The van der Waals surface area contributed by atoms with E-state index in [1.807, 2.05) is 0 Å². The highest BCUT2D eigenvalue weighted by atomic mass is 127. The van der Waals surface area contributed by atoms with Gasteiger partial charge in [-0.1, -0.05) is 0 Å². The van der Waals surface area contributed by atoms with Crippen molar-refractivity contribution >= 4 is 50.1 Å². The van der Waals surface area contributed by atoms with Gasteiger partial charge in [0, 0.05) is 10.7 Å². The molecule has 0 bridgehead atoms. The van der Waals surface area contributed by atoms with Gasteiger partial charge in [0.25, 0.3) is 6.43 Å². The standard InChI is InChI=1S/C7H4BrClF2IN/c8-5-3(1-9)2-13-7(12)4(5)6(10)11/h2,6H,1H2. The Morgan fingerprint density at radius 1 is 1.62 bits per heavy atom. The first kappa shape index (κ1) is 11.6. The van der Waals surface area contributed by atoms with Gasteiger partial charge in [-0.05, 0) is 44.1 Å². The minimum atomic E-state index is -2.53. The van der Waals surface area contributed by atoms with Crippen molar-refractivity contribution in [3.05, 3.63) is 25.5 Å². The Bertz CT molecular complexity index is 322. The Balaban J connectivity index is 3.30. The van der Waals surface area contributed by atoms with Gasteiger partial charge in [-0.25, -0.2) is 13.8 Å². The zero-order valence-corrected chi connectivity index (χ0v) is 10.7. The first-order valence-electron chi connectivity index (χ1n) is 3.24. The lowest BCUT2D eigenvalue weighted by molar-refractivity contribution is 0.149. The Labute approximate surface area is 101 Å². The second-order valence-corrected chi connectivity index (χ2v) is 4.32. The Kier molecular flexibility index (Phi) is 4.31. The largest absolute Gasteiger partial charge is 0.267 e. The van der Waals surface area contributed by atoms with Gasteiger partial charge in [-0.2, -0.15) is 0 Å². The molecule has 72 valence electrons. The Hall–Kier alpha value is 0.510. The van der Waals surface area contributed by atoms with Crippen LogP contribution in [0.15, 0.2) is 10.7 Å². The van der Waals surface area contributed by atoms with Gasteiger partial charge in [0.2, 0.25) is 0 Å². The van der Waals surface area contributed by atoms with Crippen molar-refractivity contribution in [1.29, 1.82) is 0 Å². The maximum atomic E-state index is 12.5. The van der Waals surface area contributed by atoms with Gasteiger partial charge < -0.3 is 0 Å². The molecule has 0 aliphatic rings. The Morgan fingerprint density at radius 3 is 2.69 bits per heavy atom. The molecular weight excluding hydrogens is 378 g/mol. The average Bonchev–Trinajstić information content (AvgIpc) is 2.04. The molecule has 0 amide bonds. The zero-order valence-electron chi connectivity index (χ0n) is 6.20. The Morgan fingerprint density at radius 2 is 2.23 bits per heavy atom. The van der Waals surface area contributed by atoms with Crippen LogP contribution in [-0.4, -0.2) is 4.98 Å². The summed E-state index contributed by atoms with van der Waals surface area (Å²) in [7, 11) is 0. The molecule has 1 rings (SSSR count). The quantitative estimate of drug-likeness (QED) is 0.426. The van der Waals surface area contributed by atoms with Crippen LogP contribution in [-0.2, 0) is 5.88 Å². The van der Waals surface area contributed by atoms with E-state index in [9.17, 15) is 8.78 Å². The molecule has 0 radical (unpaired) electrons. The molecule has 1 heterocycles. The molecule has 1 aromatic rings. The van der Waals surface area contributed by atoms with Crippen molar-refractivity contribution in [3.8, 4) is 0 Å². The van der Waals surface area contributed by atoms with E-state index in [1.54, 1.807) is 22.6 Å². The van der Waals surface area contributed by atoms with Crippen molar-refractivity contribution in [2.75, 3.05) is 0 Å². The molecule has 0 fully saturated rings. The van der Waals surface area contributed by atoms with E-state index in [-0.39, 0.29) is 11.4 Å². The van der Waals surface area contributed by atoms with Crippen LogP contribution < -0.4 is 0 Å². The molecule has 0 saturated carbocycles. The molecule has 0 aliphatic heterocycles. The number of halogens is 5. The van der Waals surface area contributed by atoms with E-state index in [1.165, 1.54) is 6.20 Å². The zero-order chi connectivity index (χ0) is 10.0. The first-order valence-corrected chi connectivity index (χ1v) is 5.65. The lowest BCUT2D eigenvalue weighted by Crippen LogP contribution is -1.98. The molecule has 0 aromatic carbocycles. The third-order valence-electron chi connectivity index (χ3n) is 1.44. The third-order valence-corrected chi connectivity index (χ3v) is 3.52. The molecule has 0 spiro atoms. The highest BCUT2D eigenvalue weighted by molar-refractivity contribution is 14.1. The highest BCUT2D eigenvalue weighted by Crippen LogP contribution is 2.33. The predicted octanol–water partition coefficient (Wildman–Crippen LogP) is 4.13. The van der Waals surface area contributed by atoms with Crippen LogP contribution in [0.25, 0.3) is 0 Å². The second-order valence-electron chi connectivity index (χ2n) is 2.24. The fraction of sp³-hybridized carbons (Fsp3) is 0.286. The molecule has 6 heteroatoms. The summed E-state index contributed by atoms with van der Waals surface area (Å²) in [5.74, 6) is 0.171. The normalized spacial score (nSPS) is 10.9. The van der Waals surface area contributed by atoms with Crippen molar-refractivity contribution in [2.24, 2.45) is 0 Å². The molecule has 0 unspecified atom stereocenters. The van der Waals surface area contributed by atoms with Gasteiger partial charge >= 0.3 is 0 Å². The second kappa shape index (κ2) is 4.84. The minimum Gasteiger partial charge on any atom is -0.249 e. The van der Waals surface area contributed by atoms with Crippen LogP contribution in [0, 0.1) is 3.70 Å². The van der Waals surface area contributed by atoms with E-state index in [0.717, 1.165) is 0 Å². The smallest absolute Gasteiger partial charge is 0.249 e. The number of aromatic nitrogens is 1. The minimum absolute atomic E-state index is 0.0845. The van der Waals surface area contributed by atoms with Crippen molar-refractivity contribution in [1.82, 2.24) is 4.98 Å². The molecule has 13 heavy (non-hydrogen) atoms. The number of alkyl halides is 3. The van der Waals surface area contributed by atoms with Crippen LogP contribution in [0.2, 0.25) is 0 Å². The monoisotopic (exact) mass is 381 g/mol. The van der Waals surface area contributed by atoms with Crippen molar-refractivity contribution in [3.63, 3.8) is 0 Å². The van der Waals surface area contributed by atoms with Crippen molar-refractivity contribution in [2.45, 2.75) is 12.3 Å². The SMILES string of the molecule is FC(F)c1c(I)ncc(CCl)c1Br. The van der Waals surface area contributed by atoms with Crippen LogP contribution in [0.5, 0.6) is 0 Å². The van der Waals surface area contributed by atoms with Gasteiger partial charge in [0.1, 0.15) is 3.70 Å². The maximum absolute atomic E-state index is 12.5. The number of hydrogen-bond acceptors (Lipinski definition) is 1. The summed E-state index contributed by atoms with van der Waals surface area (Å²) < 4.78 is 25.6. The summed E-state index contributed by atoms with van der Waals surface area (Å²) in [4.78, 5) is 3.82. The highest BCUT2D eigenvalue weighted by Gasteiger charge is 2.18. The summed E-state index contributed by atoms with van der Waals surface area (Å²) in [5, 5.41) is 0. The van der Waals surface area contributed by atoms with E-state index in [2.05, 4.69) is 20.9 Å². The van der Waals surface area contributed by atoms with Crippen molar-refractivity contribution < 1.29 is 8.78 Å². The van der Waals surface area contributed by atoms with E-state index < -0.39 is 6.43 Å². The summed E-state index contributed by atoms with van der Waals surface area (Å²) in [5.41, 5.74) is 0.496. The van der Waals surface area contributed by atoms with Crippen LogP contribution in [0.1, 0.15) is 17.6 Å². The molecule has 1 aromatic heterocycles. The molecule has 1 nitrogen and oxygen atoms in total. The number of hydrogen-bond donors (Lipinski definition) is 0. The molecule has 0 aliphatic carbocycles. The molecule has 0 N–H and O–H groups in total. The van der Waals surface area contributed by atoms with Gasteiger partial charge in [0.15, 0.2) is 0 Å². The van der Waals surface area contributed by atoms with Gasteiger partial charge in [-0.15, -0.1) is 11.6 Å².